The van der Waals surface area contributed by atoms with Crippen molar-refractivity contribution in [2.24, 2.45) is 5.92 Å². The highest BCUT2D eigenvalue weighted by Crippen LogP contribution is 2.38. The summed E-state index contributed by atoms with van der Waals surface area (Å²) in [7, 11) is 0. The predicted octanol–water partition coefficient (Wildman–Crippen LogP) is 2.37. The molecule has 0 radical (unpaired) electrons. The van der Waals surface area contributed by atoms with Crippen molar-refractivity contribution in [1.29, 1.82) is 0 Å². The molecule has 1 atom stereocenters. The molecular formula is C13H21N3O2. The van der Waals surface area contributed by atoms with Gasteiger partial charge in [0, 0.05) is 5.92 Å². The van der Waals surface area contributed by atoms with Crippen molar-refractivity contribution < 1.29 is 9.53 Å². The SMILES string of the molecule is CCOC(=O)C(CC(C)C)c1n[nH]c(C2CC2)n1. The molecule has 1 aliphatic rings. The van der Waals surface area contributed by atoms with Crippen molar-refractivity contribution in [2.45, 2.75) is 51.9 Å². The van der Waals surface area contributed by atoms with Gasteiger partial charge in [-0.05, 0) is 32.1 Å². The topological polar surface area (TPSA) is 67.9 Å². The number of hydrogen-bond donors (Lipinski definition) is 1. The molecule has 1 unspecified atom stereocenters. The van der Waals surface area contributed by atoms with Crippen molar-refractivity contribution in [3.63, 3.8) is 0 Å². The van der Waals surface area contributed by atoms with Crippen LogP contribution in [0.25, 0.3) is 0 Å². The molecule has 18 heavy (non-hydrogen) atoms. The average molecular weight is 251 g/mol. The highest BCUT2D eigenvalue weighted by molar-refractivity contribution is 5.77. The van der Waals surface area contributed by atoms with Gasteiger partial charge in [0.25, 0.3) is 0 Å². The number of nitrogens with one attached hydrogen (secondary N) is 1. The van der Waals surface area contributed by atoms with E-state index in [4.69, 9.17) is 4.74 Å². The Morgan fingerprint density at radius 3 is 2.78 bits per heavy atom. The smallest absolute Gasteiger partial charge is 0.316 e. The summed E-state index contributed by atoms with van der Waals surface area (Å²) >= 11 is 0. The third-order valence-corrected chi connectivity index (χ3v) is 3.07. The van der Waals surface area contributed by atoms with E-state index in [2.05, 4.69) is 29.0 Å². The number of H-pyrrole nitrogens is 1. The van der Waals surface area contributed by atoms with E-state index in [-0.39, 0.29) is 11.9 Å². The van der Waals surface area contributed by atoms with Crippen LogP contribution in [0.15, 0.2) is 0 Å². The first-order chi connectivity index (χ1) is 8.61. The van der Waals surface area contributed by atoms with Crippen LogP contribution in [0.2, 0.25) is 0 Å². The lowest BCUT2D eigenvalue weighted by Gasteiger charge is -2.14. The van der Waals surface area contributed by atoms with E-state index in [0.29, 0.717) is 24.3 Å². The Balaban J connectivity index is 2.12. The van der Waals surface area contributed by atoms with Gasteiger partial charge in [-0.25, -0.2) is 4.98 Å². The zero-order valence-electron chi connectivity index (χ0n) is 11.3. The first kappa shape index (κ1) is 13.1. The summed E-state index contributed by atoms with van der Waals surface area (Å²) in [6, 6.07) is 0. The maximum Gasteiger partial charge on any atom is 0.316 e. The Morgan fingerprint density at radius 1 is 1.50 bits per heavy atom. The number of nitrogens with zero attached hydrogens (tertiary/aromatic N) is 2. The normalized spacial score (nSPS) is 16.9. The van der Waals surface area contributed by atoms with Crippen molar-refractivity contribution in [3.8, 4) is 0 Å². The van der Waals surface area contributed by atoms with Crippen LogP contribution in [-0.2, 0) is 9.53 Å². The van der Waals surface area contributed by atoms with Gasteiger partial charge < -0.3 is 4.74 Å². The van der Waals surface area contributed by atoms with E-state index in [1.165, 1.54) is 12.8 Å². The number of hydrogen-bond acceptors (Lipinski definition) is 4. The third-order valence-electron chi connectivity index (χ3n) is 3.07. The van der Waals surface area contributed by atoms with Crippen LogP contribution in [-0.4, -0.2) is 27.8 Å². The Morgan fingerprint density at radius 2 is 2.22 bits per heavy atom. The Bertz CT molecular complexity index is 410. The number of carbonyl (C=O) groups is 1. The van der Waals surface area contributed by atoms with Gasteiger partial charge in [0.1, 0.15) is 11.7 Å². The molecule has 1 saturated carbocycles. The van der Waals surface area contributed by atoms with E-state index in [1.807, 2.05) is 6.92 Å². The zero-order valence-corrected chi connectivity index (χ0v) is 11.3. The molecule has 1 aromatic heterocycles. The van der Waals surface area contributed by atoms with Crippen molar-refractivity contribution >= 4 is 5.97 Å². The van der Waals surface area contributed by atoms with Crippen LogP contribution in [0, 0.1) is 5.92 Å². The van der Waals surface area contributed by atoms with Crippen LogP contribution >= 0.6 is 0 Å². The molecule has 0 spiro atoms. The van der Waals surface area contributed by atoms with Crippen molar-refractivity contribution in [2.75, 3.05) is 6.61 Å². The predicted molar refractivity (Wildman–Crippen MR) is 67.2 cm³/mol. The number of esters is 1. The van der Waals surface area contributed by atoms with Gasteiger partial charge in [-0.2, -0.15) is 5.10 Å². The molecule has 0 saturated heterocycles. The van der Waals surface area contributed by atoms with Crippen LogP contribution in [0.3, 0.4) is 0 Å². The minimum absolute atomic E-state index is 0.215. The highest BCUT2D eigenvalue weighted by atomic mass is 16.5. The average Bonchev–Trinajstić information content (AvgIpc) is 3.05. The van der Waals surface area contributed by atoms with E-state index in [0.717, 1.165) is 12.2 Å². The first-order valence-corrected chi connectivity index (χ1v) is 6.70. The molecule has 0 aliphatic heterocycles. The number of rotatable bonds is 6. The molecular weight excluding hydrogens is 230 g/mol. The van der Waals surface area contributed by atoms with Gasteiger partial charge in [0.05, 0.1) is 6.61 Å². The second-order valence-electron chi connectivity index (χ2n) is 5.29. The molecule has 100 valence electrons. The standard InChI is InChI=1S/C13H21N3O2/c1-4-18-13(17)10(7-8(2)3)12-14-11(15-16-12)9-5-6-9/h8-10H,4-7H2,1-3H3,(H,14,15,16). The van der Waals surface area contributed by atoms with Crippen LogP contribution in [0.1, 0.15) is 63.5 Å². The van der Waals surface area contributed by atoms with Crippen molar-refractivity contribution in [1.82, 2.24) is 15.2 Å². The highest BCUT2D eigenvalue weighted by Gasteiger charge is 2.31. The van der Waals surface area contributed by atoms with Gasteiger partial charge in [-0.15, -0.1) is 0 Å². The van der Waals surface area contributed by atoms with Crippen molar-refractivity contribution in [3.05, 3.63) is 11.6 Å². The van der Waals surface area contributed by atoms with Gasteiger partial charge in [-0.3, -0.25) is 9.89 Å². The molecule has 1 aromatic rings. The quantitative estimate of drug-likeness (QED) is 0.788. The van der Waals surface area contributed by atoms with Gasteiger partial charge in [-0.1, -0.05) is 13.8 Å². The summed E-state index contributed by atoms with van der Waals surface area (Å²) in [4.78, 5) is 16.4. The molecule has 0 aromatic carbocycles. The maximum atomic E-state index is 12.0. The lowest BCUT2D eigenvalue weighted by Crippen LogP contribution is -2.19. The fraction of sp³-hybridized carbons (Fsp3) is 0.769. The minimum atomic E-state index is -0.339. The number of aromatic nitrogens is 3. The van der Waals surface area contributed by atoms with E-state index in [1.54, 1.807) is 0 Å². The fourth-order valence-electron chi connectivity index (χ4n) is 2.00. The summed E-state index contributed by atoms with van der Waals surface area (Å²) in [5.74, 6) is 1.88. The van der Waals surface area contributed by atoms with E-state index >= 15 is 0 Å². The molecule has 1 N–H and O–H groups in total. The Hall–Kier alpha value is -1.39. The van der Waals surface area contributed by atoms with E-state index < -0.39 is 0 Å². The molecule has 0 amide bonds. The summed E-state index contributed by atoms with van der Waals surface area (Å²) in [6.45, 7) is 6.38. The van der Waals surface area contributed by atoms with Gasteiger partial charge >= 0.3 is 5.97 Å². The molecule has 1 fully saturated rings. The maximum absolute atomic E-state index is 12.0. The molecule has 1 heterocycles. The summed E-state index contributed by atoms with van der Waals surface area (Å²) in [5.41, 5.74) is 0. The summed E-state index contributed by atoms with van der Waals surface area (Å²) in [6.07, 6.45) is 3.06. The van der Waals surface area contributed by atoms with Gasteiger partial charge in [0.2, 0.25) is 0 Å². The van der Waals surface area contributed by atoms with Crippen LogP contribution in [0.5, 0.6) is 0 Å². The lowest BCUT2D eigenvalue weighted by atomic mass is 9.96. The Labute approximate surface area is 107 Å². The molecule has 5 nitrogen and oxygen atoms in total. The number of aromatic amines is 1. The molecule has 5 heteroatoms. The van der Waals surface area contributed by atoms with Crippen LogP contribution in [0.4, 0.5) is 0 Å². The second kappa shape index (κ2) is 5.50. The van der Waals surface area contributed by atoms with Crippen LogP contribution < -0.4 is 0 Å². The molecule has 2 rings (SSSR count). The Kier molecular flexibility index (Phi) is 3.99. The monoisotopic (exact) mass is 251 g/mol. The summed E-state index contributed by atoms with van der Waals surface area (Å²) < 4.78 is 5.11. The molecule has 1 aliphatic carbocycles. The third kappa shape index (κ3) is 3.09. The largest absolute Gasteiger partial charge is 0.465 e. The fourth-order valence-corrected chi connectivity index (χ4v) is 2.00. The first-order valence-electron chi connectivity index (χ1n) is 6.70. The number of carbonyl (C=O) groups excluding carboxylic acids is 1. The number of ether oxygens (including phenoxy) is 1. The zero-order chi connectivity index (χ0) is 13.1. The van der Waals surface area contributed by atoms with Gasteiger partial charge in [0.15, 0.2) is 5.82 Å². The van der Waals surface area contributed by atoms with E-state index in [9.17, 15) is 4.79 Å². The molecule has 0 bridgehead atoms. The second-order valence-corrected chi connectivity index (χ2v) is 5.29. The minimum Gasteiger partial charge on any atom is -0.465 e. The lowest BCUT2D eigenvalue weighted by molar-refractivity contribution is -0.145. The summed E-state index contributed by atoms with van der Waals surface area (Å²) in [5, 5.41) is 7.15.